The van der Waals surface area contributed by atoms with Crippen LogP contribution in [0.25, 0.3) is 11.1 Å². The molecule has 2 atom stereocenters. The maximum Gasteiger partial charge on any atom is 0.201 e. The van der Waals surface area contributed by atoms with Gasteiger partial charge in [-0.25, -0.2) is 13.2 Å². The number of ether oxygens (including phenoxy) is 1. The van der Waals surface area contributed by atoms with Crippen molar-refractivity contribution in [1.29, 1.82) is 0 Å². The summed E-state index contributed by atoms with van der Waals surface area (Å²) in [5, 5.41) is 0.511. The minimum atomic E-state index is -1.25. The van der Waals surface area contributed by atoms with Gasteiger partial charge in [-0.15, -0.1) is 6.58 Å². The molecule has 1 heterocycles. The minimum Gasteiger partial charge on any atom is -0.491 e. The molecule has 156 valence electrons. The van der Waals surface area contributed by atoms with Gasteiger partial charge in [0.1, 0.15) is 0 Å². The fourth-order valence-corrected chi connectivity index (χ4v) is 5.13. The van der Waals surface area contributed by atoms with E-state index < -0.39 is 23.3 Å². The largest absolute Gasteiger partial charge is 0.491 e. The number of allylic oxidation sites excluding steroid dienone is 1. The van der Waals surface area contributed by atoms with Gasteiger partial charge in [-0.3, -0.25) is 0 Å². The van der Waals surface area contributed by atoms with Gasteiger partial charge in [0.05, 0.1) is 6.61 Å². The smallest absolute Gasteiger partial charge is 0.201 e. The molecule has 1 nitrogen and oxygen atoms in total. The number of rotatable bonds is 7. The van der Waals surface area contributed by atoms with E-state index in [9.17, 15) is 17.6 Å². The molecule has 0 N–H and O–H groups in total. The van der Waals surface area contributed by atoms with Crippen molar-refractivity contribution in [3.05, 3.63) is 65.8 Å². The van der Waals surface area contributed by atoms with Crippen LogP contribution < -0.4 is 4.74 Å². The van der Waals surface area contributed by atoms with Crippen molar-refractivity contribution in [1.82, 2.24) is 0 Å². The van der Waals surface area contributed by atoms with E-state index in [4.69, 9.17) is 4.74 Å². The van der Waals surface area contributed by atoms with E-state index in [1.165, 1.54) is 24.3 Å². The zero-order chi connectivity index (χ0) is 21.0. The first-order valence-corrected chi connectivity index (χ1v) is 10.8. The van der Waals surface area contributed by atoms with Crippen molar-refractivity contribution in [2.75, 3.05) is 12.4 Å². The van der Waals surface area contributed by atoms with Crippen LogP contribution in [0.15, 0.2) is 36.9 Å². The van der Waals surface area contributed by atoms with Gasteiger partial charge < -0.3 is 4.74 Å². The van der Waals surface area contributed by atoms with Crippen LogP contribution in [0.1, 0.15) is 44.1 Å². The summed E-state index contributed by atoms with van der Waals surface area (Å²) in [6.07, 6.45) is 5.59. The highest BCUT2D eigenvalue weighted by Crippen LogP contribution is 2.40. The van der Waals surface area contributed by atoms with Gasteiger partial charge in [0.25, 0.3) is 0 Å². The van der Waals surface area contributed by atoms with Gasteiger partial charge in [0, 0.05) is 22.1 Å². The summed E-state index contributed by atoms with van der Waals surface area (Å²) < 4.78 is 63.2. The minimum absolute atomic E-state index is 0.0922. The topological polar surface area (TPSA) is 9.23 Å². The van der Waals surface area contributed by atoms with Gasteiger partial charge in [-0.1, -0.05) is 18.2 Å². The molecule has 0 aromatic heterocycles. The summed E-state index contributed by atoms with van der Waals surface area (Å²) in [5.74, 6) is -4.22. The first-order valence-electron chi connectivity index (χ1n) is 9.79. The molecule has 2 aromatic carbocycles. The highest BCUT2D eigenvalue weighted by atomic mass is 32.2. The maximum absolute atomic E-state index is 14.8. The second-order valence-corrected chi connectivity index (χ2v) is 8.43. The van der Waals surface area contributed by atoms with E-state index in [0.717, 1.165) is 25.7 Å². The quantitative estimate of drug-likeness (QED) is 0.342. The van der Waals surface area contributed by atoms with Gasteiger partial charge in [-0.05, 0) is 56.2 Å². The molecule has 6 heteroatoms. The number of hydrogen-bond acceptors (Lipinski definition) is 2. The van der Waals surface area contributed by atoms with Crippen LogP contribution in [0.4, 0.5) is 17.6 Å². The lowest BCUT2D eigenvalue weighted by atomic mass is 9.91. The molecule has 0 spiro atoms. The average molecular weight is 425 g/mol. The molecule has 0 aliphatic carbocycles. The number of hydrogen-bond donors (Lipinski definition) is 0. The lowest BCUT2D eigenvalue weighted by Gasteiger charge is -2.28. The Morgan fingerprint density at radius 1 is 1.00 bits per heavy atom. The molecular formula is C23H24F4OS. The van der Waals surface area contributed by atoms with Crippen molar-refractivity contribution >= 4 is 11.8 Å². The van der Waals surface area contributed by atoms with Crippen LogP contribution in [-0.2, 0) is 0 Å². The molecule has 1 fully saturated rings. The molecule has 2 aromatic rings. The Morgan fingerprint density at radius 3 is 2.31 bits per heavy atom. The third-order valence-electron chi connectivity index (χ3n) is 5.25. The van der Waals surface area contributed by atoms with E-state index in [1.807, 2.05) is 6.08 Å². The van der Waals surface area contributed by atoms with Crippen LogP contribution in [-0.4, -0.2) is 17.6 Å². The number of thioether (sulfide) groups is 1. The first-order chi connectivity index (χ1) is 14.0. The fraction of sp³-hybridized carbons (Fsp3) is 0.391. The third-order valence-corrected chi connectivity index (χ3v) is 6.79. The van der Waals surface area contributed by atoms with Crippen molar-refractivity contribution in [2.45, 2.75) is 43.8 Å². The monoisotopic (exact) mass is 424 g/mol. The number of benzene rings is 2. The highest BCUT2D eigenvalue weighted by Gasteiger charge is 2.27. The third kappa shape index (κ3) is 4.63. The predicted octanol–water partition coefficient (Wildman–Crippen LogP) is 7.25. The SMILES string of the molecule is C=CCCC1CC[C@@H](c2ccc(-c3ccc(OCC)c(F)c3F)c(F)c2F)CS1. The summed E-state index contributed by atoms with van der Waals surface area (Å²) in [4.78, 5) is 0. The van der Waals surface area contributed by atoms with Crippen molar-refractivity contribution in [3.8, 4) is 16.9 Å². The predicted molar refractivity (Wildman–Crippen MR) is 111 cm³/mol. The molecule has 3 rings (SSSR count). The molecule has 0 radical (unpaired) electrons. The normalized spacial score (nSPS) is 19.2. The van der Waals surface area contributed by atoms with Crippen LogP contribution in [0.5, 0.6) is 5.75 Å². The van der Waals surface area contributed by atoms with Gasteiger partial charge in [0.15, 0.2) is 23.2 Å². The second kappa shape index (κ2) is 9.70. The molecule has 0 bridgehead atoms. The molecule has 1 saturated heterocycles. The fourth-order valence-electron chi connectivity index (χ4n) is 3.68. The van der Waals surface area contributed by atoms with E-state index in [2.05, 4.69) is 6.58 Å². The highest BCUT2D eigenvalue weighted by molar-refractivity contribution is 8.00. The number of halogens is 4. The zero-order valence-corrected chi connectivity index (χ0v) is 17.1. The molecule has 1 aliphatic heterocycles. The van der Waals surface area contributed by atoms with E-state index in [0.29, 0.717) is 16.6 Å². The molecule has 1 aliphatic rings. The maximum atomic E-state index is 14.8. The average Bonchev–Trinajstić information content (AvgIpc) is 2.73. The summed E-state index contributed by atoms with van der Waals surface area (Å²) in [6, 6.07) is 5.27. The van der Waals surface area contributed by atoms with Crippen LogP contribution in [0.2, 0.25) is 0 Å². The Bertz CT molecular complexity index is 876. The van der Waals surface area contributed by atoms with Crippen molar-refractivity contribution in [2.24, 2.45) is 0 Å². The molecule has 29 heavy (non-hydrogen) atoms. The van der Waals surface area contributed by atoms with Crippen LogP contribution in [0, 0.1) is 23.3 Å². The Hall–Kier alpha value is -1.95. The van der Waals surface area contributed by atoms with E-state index in [-0.39, 0.29) is 29.4 Å². The lowest BCUT2D eigenvalue weighted by molar-refractivity contribution is 0.314. The van der Waals surface area contributed by atoms with E-state index in [1.54, 1.807) is 18.7 Å². The van der Waals surface area contributed by atoms with Gasteiger partial charge in [-0.2, -0.15) is 16.2 Å². The Kier molecular flexibility index (Phi) is 7.28. The van der Waals surface area contributed by atoms with Crippen LogP contribution in [0.3, 0.4) is 0 Å². The Balaban J connectivity index is 1.84. The molecular weight excluding hydrogens is 400 g/mol. The summed E-state index contributed by atoms with van der Waals surface area (Å²) in [6.45, 7) is 5.54. The van der Waals surface area contributed by atoms with E-state index >= 15 is 0 Å². The summed E-state index contributed by atoms with van der Waals surface area (Å²) in [7, 11) is 0. The van der Waals surface area contributed by atoms with Crippen LogP contribution >= 0.6 is 11.8 Å². The van der Waals surface area contributed by atoms with Crippen molar-refractivity contribution < 1.29 is 22.3 Å². The summed E-state index contributed by atoms with van der Waals surface area (Å²) >= 11 is 1.77. The molecule has 0 amide bonds. The zero-order valence-electron chi connectivity index (χ0n) is 16.3. The van der Waals surface area contributed by atoms with Gasteiger partial charge in [0.2, 0.25) is 5.82 Å². The Morgan fingerprint density at radius 2 is 1.69 bits per heavy atom. The standard InChI is InChI=1S/C23H24F4OS/c1-3-5-6-15-8-7-14(13-29-15)16-9-10-17(21(25)20(16)24)18-11-12-19(28-4-2)23(27)22(18)26/h3,9-12,14-15H,1,4-8,13H2,2H3/t14-,15?/m1/s1. The first kappa shape index (κ1) is 21.8. The Labute approximate surface area is 173 Å². The van der Waals surface area contributed by atoms with Crippen molar-refractivity contribution in [3.63, 3.8) is 0 Å². The molecule has 1 unspecified atom stereocenters. The van der Waals surface area contributed by atoms with Gasteiger partial charge >= 0.3 is 0 Å². The lowest BCUT2D eigenvalue weighted by Crippen LogP contribution is -2.18. The second-order valence-electron chi connectivity index (χ2n) is 7.10. The molecule has 0 saturated carbocycles. The summed E-state index contributed by atoms with van der Waals surface area (Å²) in [5.41, 5.74) is -0.317.